The highest BCUT2D eigenvalue weighted by molar-refractivity contribution is 4.96. The first-order chi connectivity index (χ1) is 10.9. The van der Waals surface area contributed by atoms with Crippen LogP contribution in [0.15, 0.2) is 0 Å². The third-order valence-corrected chi connectivity index (χ3v) is 4.52. The van der Waals surface area contributed by atoms with Crippen molar-refractivity contribution >= 4 is 0 Å². The van der Waals surface area contributed by atoms with E-state index < -0.39 is 36.5 Å². The van der Waals surface area contributed by atoms with Crippen LogP contribution in [0.2, 0.25) is 0 Å². The van der Waals surface area contributed by atoms with Crippen molar-refractivity contribution in [2.24, 2.45) is 5.92 Å². The number of hydrogen-bond acceptors (Lipinski definition) is 6. The van der Waals surface area contributed by atoms with E-state index in [0.29, 0.717) is 12.5 Å². The predicted molar refractivity (Wildman–Crippen MR) is 84.8 cm³/mol. The number of aliphatic hydroxyl groups excluding tert-OH is 2. The summed E-state index contributed by atoms with van der Waals surface area (Å²) < 4.78 is 23.1. The van der Waals surface area contributed by atoms with Crippen LogP contribution < -0.4 is 0 Å². The zero-order valence-corrected chi connectivity index (χ0v) is 14.7. The standard InChI is InChI=1S/C17H32O6/c1-5-7-11(8-6-2)10-20-16-13(19)15-14(12(9-18)21-16)22-17(3,4)23-15/h11-16,18-19H,5-10H2,1-4H3/t12-,13-,14+,15-,16-/m1/s1. The molecule has 2 heterocycles. The minimum Gasteiger partial charge on any atom is -0.394 e. The van der Waals surface area contributed by atoms with Crippen molar-refractivity contribution < 1.29 is 29.2 Å². The molecule has 0 unspecified atom stereocenters. The van der Waals surface area contributed by atoms with E-state index in [1.807, 2.05) is 0 Å². The van der Waals surface area contributed by atoms with Gasteiger partial charge in [0.15, 0.2) is 12.1 Å². The van der Waals surface area contributed by atoms with Crippen LogP contribution in [0.1, 0.15) is 53.4 Å². The van der Waals surface area contributed by atoms with E-state index in [0.717, 1.165) is 25.7 Å². The SMILES string of the molecule is CCCC(CCC)CO[C@@H]1O[C@H](CO)[C@@H]2OC(C)(C)O[C@@H]2[C@H]1O. The van der Waals surface area contributed by atoms with Gasteiger partial charge < -0.3 is 29.2 Å². The molecule has 2 fully saturated rings. The Labute approximate surface area is 139 Å². The van der Waals surface area contributed by atoms with E-state index in [4.69, 9.17) is 18.9 Å². The normalized spacial score (nSPS) is 36.4. The quantitative estimate of drug-likeness (QED) is 0.706. The number of rotatable bonds is 8. The number of hydrogen-bond donors (Lipinski definition) is 2. The maximum absolute atomic E-state index is 10.5. The van der Waals surface area contributed by atoms with Crippen LogP contribution in [-0.4, -0.2) is 59.9 Å². The molecule has 2 aliphatic rings. The number of fused-ring (bicyclic) bond motifs is 1. The molecule has 2 aliphatic heterocycles. The molecular weight excluding hydrogens is 300 g/mol. The lowest BCUT2D eigenvalue weighted by Crippen LogP contribution is -2.58. The molecule has 0 bridgehead atoms. The van der Waals surface area contributed by atoms with E-state index in [2.05, 4.69) is 13.8 Å². The maximum atomic E-state index is 10.5. The molecule has 0 aliphatic carbocycles. The molecule has 6 nitrogen and oxygen atoms in total. The topological polar surface area (TPSA) is 77.4 Å². The van der Waals surface area contributed by atoms with Crippen LogP contribution >= 0.6 is 0 Å². The molecule has 0 spiro atoms. The Morgan fingerprint density at radius 2 is 1.70 bits per heavy atom. The van der Waals surface area contributed by atoms with Crippen LogP contribution in [0.25, 0.3) is 0 Å². The summed E-state index contributed by atoms with van der Waals surface area (Å²) in [5.41, 5.74) is 0. The summed E-state index contributed by atoms with van der Waals surface area (Å²) in [6, 6.07) is 0. The Balaban J connectivity index is 1.97. The van der Waals surface area contributed by atoms with Gasteiger partial charge in [-0.3, -0.25) is 0 Å². The van der Waals surface area contributed by atoms with Gasteiger partial charge in [0, 0.05) is 0 Å². The third-order valence-electron chi connectivity index (χ3n) is 4.52. The fourth-order valence-corrected chi connectivity index (χ4v) is 3.50. The van der Waals surface area contributed by atoms with Gasteiger partial charge in [-0.15, -0.1) is 0 Å². The lowest BCUT2D eigenvalue weighted by atomic mass is 9.98. The van der Waals surface area contributed by atoms with E-state index in [-0.39, 0.29) is 6.61 Å². The second kappa shape index (κ2) is 8.23. The second-order valence-electron chi connectivity index (χ2n) is 7.06. The molecule has 136 valence electrons. The minimum atomic E-state index is -0.923. The molecule has 0 aromatic carbocycles. The average molecular weight is 332 g/mol. The van der Waals surface area contributed by atoms with E-state index >= 15 is 0 Å². The van der Waals surface area contributed by atoms with Gasteiger partial charge in [-0.1, -0.05) is 26.7 Å². The van der Waals surface area contributed by atoms with Gasteiger partial charge in [0.1, 0.15) is 24.4 Å². The maximum Gasteiger partial charge on any atom is 0.186 e. The summed E-state index contributed by atoms with van der Waals surface area (Å²) >= 11 is 0. The summed E-state index contributed by atoms with van der Waals surface area (Å²) in [5, 5.41) is 20.1. The summed E-state index contributed by atoms with van der Waals surface area (Å²) in [6.07, 6.45) is 1.12. The van der Waals surface area contributed by atoms with Crippen molar-refractivity contribution in [3.63, 3.8) is 0 Å². The molecule has 5 atom stereocenters. The Morgan fingerprint density at radius 3 is 2.26 bits per heavy atom. The van der Waals surface area contributed by atoms with Crippen molar-refractivity contribution in [1.29, 1.82) is 0 Å². The molecule has 0 amide bonds. The van der Waals surface area contributed by atoms with Crippen molar-refractivity contribution in [1.82, 2.24) is 0 Å². The van der Waals surface area contributed by atoms with Crippen molar-refractivity contribution in [2.75, 3.05) is 13.2 Å². The lowest BCUT2D eigenvalue weighted by molar-refractivity contribution is -0.284. The van der Waals surface area contributed by atoms with Gasteiger partial charge >= 0.3 is 0 Å². The van der Waals surface area contributed by atoms with E-state index in [1.165, 1.54) is 0 Å². The lowest BCUT2D eigenvalue weighted by Gasteiger charge is -2.39. The molecule has 2 rings (SSSR count). The molecule has 0 radical (unpaired) electrons. The number of ether oxygens (including phenoxy) is 4. The highest BCUT2D eigenvalue weighted by Gasteiger charge is 2.55. The van der Waals surface area contributed by atoms with Crippen molar-refractivity contribution in [3.8, 4) is 0 Å². The Kier molecular flexibility index (Phi) is 6.83. The van der Waals surface area contributed by atoms with Crippen LogP contribution in [0, 0.1) is 5.92 Å². The molecule has 2 N–H and O–H groups in total. The highest BCUT2D eigenvalue weighted by atomic mass is 16.8. The fourth-order valence-electron chi connectivity index (χ4n) is 3.50. The van der Waals surface area contributed by atoms with Gasteiger partial charge in [-0.2, -0.15) is 0 Å². The molecule has 2 saturated heterocycles. The Bertz CT molecular complexity index is 355. The first kappa shape index (κ1) is 19.1. The summed E-state index contributed by atoms with van der Waals surface area (Å²) in [5.74, 6) is -0.335. The zero-order valence-electron chi connectivity index (χ0n) is 14.7. The zero-order chi connectivity index (χ0) is 17.0. The highest BCUT2D eigenvalue weighted by Crippen LogP contribution is 2.37. The second-order valence-corrected chi connectivity index (χ2v) is 7.06. The van der Waals surface area contributed by atoms with Crippen LogP contribution in [0.3, 0.4) is 0 Å². The molecule has 23 heavy (non-hydrogen) atoms. The van der Waals surface area contributed by atoms with Gasteiger partial charge in [0.05, 0.1) is 13.2 Å². The molecular formula is C17H32O6. The monoisotopic (exact) mass is 332 g/mol. The summed E-state index contributed by atoms with van der Waals surface area (Å²) in [4.78, 5) is 0. The van der Waals surface area contributed by atoms with E-state index in [9.17, 15) is 10.2 Å². The van der Waals surface area contributed by atoms with Crippen LogP contribution in [0.4, 0.5) is 0 Å². The molecule has 0 aromatic heterocycles. The first-order valence-corrected chi connectivity index (χ1v) is 8.83. The van der Waals surface area contributed by atoms with E-state index in [1.54, 1.807) is 13.8 Å². The number of aliphatic hydroxyl groups is 2. The Morgan fingerprint density at radius 1 is 1.09 bits per heavy atom. The van der Waals surface area contributed by atoms with Crippen molar-refractivity contribution in [2.45, 2.75) is 89.9 Å². The summed E-state index contributed by atoms with van der Waals surface area (Å²) in [7, 11) is 0. The molecule has 6 heteroatoms. The van der Waals surface area contributed by atoms with Crippen LogP contribution in [0.5, 0.6) is 0 Å². The van der Waals surface area contributed by atoms with Gasteiger partial charge in [-0.25, -0.2) is 0 Å². The molecule has 0 aromatic rings. The summed E-state index contributed by atoms with van der Waals surface area (Å²) in [6.45, 7) is 8.26. The van der Waals surface area contributed by atoms with Crippen LogP contribution in [-0.2, 0) is 18.9 Å². The van der Waals surface area contributed by atoms with Gasteiger partial charge in [0.25, 0.3) is 0 Å². The fraction of sp³-hybridized carbons (Fsp3) is 1.00. The smallest absolute Gasteiger partial charge is 0.186 e. The average Bonchev–Trinajstić information content (AvgIpc) is 2.83. The van der Waals surface area contributed by atoms with Gasteiger partial charge in [0.2, 0.25) is 0 Å². The predicted octanol–water partition coefficient (Wildman–Crippen LogP) is 1.82. The minimum absolute atomic E-state index is 0.194. The first-order valence-electron chi connectivity index (χ1n) is 8.83. The van der Waals surface area contributed by atoms with Gasteiger partial charge in [-0.05, 0) is 32.6 Å². The molecule has 0 saturated carbocycles. The third kappa shape index (κ3) is 4.65. The Hall–Kier alpha value is -0.240. The van der Waals surface area contributed by atoms with Crippen molar-refractivity contribution in [3.05, 3.63) is 0 Å². The largest absolute Gasteiger partial charge is 0.394 e.